The monoisotopic (exact) mass is 335 g/mol. The van der Waals surface area contributed by atoms with Gasteiger partial charge in [-0.1, -0.05) is 6.42 Å². The first-order valence-electron chi connectivity index (χ1n) is 5.82. The molecule has 3 rings (SSSR count). The van der Waals surface area contributed by atoms with Gasteiger partial charge in [-0.05, 0) is 59.2 Å². The Morgan fingerprint density at radius 3 is 2.65 bits per heavy atom. The molecular formula is C11H14BrNO2S2. The zero-order valence-corrected chi connectivity index (χ0v) is 12.4. The SMILES string of the molecule is O=S(=O)(N[C@H]1C[C@@H]2CC[C@@H]1C2)c1ccc(Br)s1. The number of rotatable bonds is 3. The third-order valence-electron chi connectivity index (χ3n) is 3.86. The highest BCUT2D eigenvalue weighted by atomic mass is 79.9. The van der Waals surface area contributed by atoms with Crippen molar-refractivity contribution in [3.63, 3.8) is 0 Å². The summed E-state index contributed by atoms with van der Waals surface area (Å²) in [4.78, 5) is 0. The van der Waals surface area contributed by atoms with E-state index < -0.39 is 10.0 Å². The van der Waals surface area contributed by atoms with E-state index in [9.17, 15) is 8.42 Å². The Labute approximate surface area is 114 Å². The molecule has 0 aliphatic heterocycles. The average molecular weight is 336 g/mol. The highest BCUT2D eigenvalue weighted by Crippen LogP contribution is 2.45. The summed E-state index contributed by atoms with van der Waals surface area (Å²) in [7, 11) is -3.31. The van der Waals surface area contributed by atoms with Gasteiger partial charge in [0.05, 0.1) is 3.79 Å². The van der Waals surface area contributed by atoms with E-state index in [1.54, 1.807) is 12.1 Å². The van der Waals surface area contributed by atoms with E-state index in [0.717, 1.165) is 16.1 Å². The lowest BCUT2D eigenvalue weighted by Gasteiger charge is -2.22. The van der Waals surface area contributed by atoms with Gasteiger partial charge in [0.1, 0.15) is 4.21 Å². The second kappa shape index (κ2) is 4.33. The molecule has 2 aliphatic carbocycles. The number of hydrogen-bond acceptors (Lipinski definition) is 3. The average Bonchev–Trinajstić information content (AvgIpc) is 2.92. The van der Waals surface area contributed by atoms with Crippen LogP contribution in [0.1, 0.15) is 25.7 Å². The molecular weight excluding hydrogens is 322 g/mol. The first-order valence-corrected chi connectivity index (χ1v) is 8.91. The minimum Gasteiger partial charge on any atom is -0.207 e. The van der Waals surface area contributed by atoms with Crippen molar-refractivity contribution in [3.8, 4) is 0 Å². The summed E-state index contributed by atoms with van der Waals surface area (Å²) in [5, 5.41) is 0. The van der Waals surface area contributed by atoms with Crippen LogP contribution in [0.4, 0.5) is 0 Å². The van der Waals surface area contributed by atoms with Gasteiger partial charge in [0.2, 0.25) is 10.0 Å². The second-order valence-corrected chi connectivity index (χ2v) is 9.37. The van der Waals surface area contributed by atoms with Crippen LogP contribution in [0.25, 0.3) is 0 Å². The molecule has 0 aromatic carbocycles. The number of thiophene rings is 1. The summed E-state index contributed by atoms with van der Waals surface area (Å²) in [5.41, 5.74) is 0. The van der Waals surface area contributed by atoms with Crippen molar-refractivity contribution in [1.29, 1.82) is 0 Å². The molecule has 1 heterocycles. The summed E-state index contributed by atoms with van der Waals surface area (Å²) in [6, 6.07) is 3.60. The normalized spacial score (nSPS) is 32.2. The molecule has 2 fully saturated rings. The molecule has 2 saturated carbocycles. The molecule has 1 aromatic rings. The Morgan fingerprint density at radius 2 is 2.12 bits per heavy atom. The molecule has 94 valence electrons. The third kappa shape index (κ3) is 2.32. The Hall–Kier alpha value is 0.0900. The van der Waals surface area contributed by atoms with Crippen molar-refractivity contribution in [2.75, 3.05) is 0 Å². The lowest BCUT2D eigenvalue weighted by atomic mass is 9.96. The fourth-order valence-electron chi connectivity index (χ4n) is 3.09. The first kappa shape index (κ1) is 12.1. The number of hydrogen-bond donors (Lipinski definition) is 1. The van der Waals surface area contributed by atoms with Crippen LogP contribution in [0.3, 0.4) is 0 Å². The molecule has 2 aliphatic rings. The smallest absolute Gasteiger partial charge is 0.207 e. The summed E-state index contributed by atoms with van der Waals surface area (Å²) in [6.45, 7) is 0. The lowest BCUT2D eigenvalue weighted by molar-refractivity contribution is 0.390. The van der Waals surface area contributed by atoms with E-state index in [-0.39, 0.29) is 6.04 Å². The molecule has 0 saturated heterocycles. The highest BCUT2D eigenvalue weighted by molar-refractivity contribution is 9.11. The highest BCUT2D eigenvalue weighted by Gasteiger charge is 2.41. The zero-order chi connectivity index (χ0) is 12.0. The largest absolute Gasteiger partial charge is 0.250 e. The van der Waals surface area contributed by atoms with E-state index in [1.165, 1.54) is 30.6 Å². The topological polar surface area (TPSA) is 46.2 Å². The van der Waals surface area contributed by atoms with Crippen LogP contribution in [0.2, 0.25) is 0 Å². The van der Waals surface area contributed by atoms with Gasteiger partial charge in [0, 0.05) is 6.04 Å². The quantitative estimate of drug-likeness (QED) is 0.922. The first-order chi connectivity index (χ1) is 8.04. The van der Waals surface area contributed by atoms with Crippen LogP contribution in [0, 0.1) is 11.8 Å². The number of halogens is 1. The summed E-state index contributed by atoms with van der Waals surface area (Å²) in [6.07, 6.45) is 4.71. The molecule has 0 spiro atoms. The molecule has 0 amide bonds. The van der Waals surface area contributed by atoms with Gasteiger partial charge in [-0.3, -0.25) is 0 Å². The summed E-state index contributed by atoms with van der Waals surface area (Å²) < 4.78 is 28.5. The predicted molar refractivity (Wildman–Crippen MR) is 71.6 cm³/mol. The van der Waals surface area contributed by atoms with Gasteiger partial charge in [-0.2, -0.15) is 0 Å². The standard InChI is InChI=1S/C11H14BrNO2S2/c12-10-3-4-11(16-10)17(14,15)13-9-6-7-1-2-8(9)5-7/h3-4,7-9,13H,1-2,5-6H2/t7-,8-,9+/m1/s1. The molecule has 1 aromatic heterocycles. The summed E-state index contributed by atoms with van der Waals surface area (Å²) in [5.74, 6) is 1.32. The van der Waals surface area contributed by atoms with Gasteiger partial charge in [-0.25, -0.2) is 13.1 Å². The molecule has 3 nitrogen and oxygen atoms in total. The van der Waals surface area contributed by atoms with Crippen LogP contribution >= 0.6 is 27.3 Å². The van der Waals surface area contributed by atoms with Crippen molar-refractivity contribution >= 4 is 37.3 Å². The van der Waals surface area contributed by atoms with Gasteiger partial charge in [0.25, 0.3) is 0 Å². The second-order valence-electron chi connectivity index (χ2n) is 4.96. The van der Waals surface area contributed by atoms with Crippen LogP contribution in [0.15, 0.2) is 20.1 Å². The van der Waals surface area contributed by atoms with Crippen molar-refractivity contribution < 1.29 is 8.42 Å². The zero-order valence-electron chi connectivity index (χ0n) is 9.23. The third-order valence-corrected chi connectivity index (χ3v) is 7.46. The lowest BCUT2D eigenvalue weighted by Crippen LogP contribution is -2.38. The fourth-order valence-corrected chi connectivity index (χ4v) is 6.43. The van der Waals surface area contributed by atoms with E-state index in [1.807, 2.05) is 0 Å². The Morgan fingerprint density at radius 1 is 1.29 bits per heavy atom. The maximum absolute atomic E-state index is 12.2. The number of sulfonamides is 1. The summed E-state index contributed by atoms with van der Waals surface area (Å²) >= 11 is 4.56. The molecule has 0 radical (unpaired) electrons. The fraction of sp³-hybridized carbons (Fsp3) is 0.636. The molecule has 1 N–H and O–H groups in total. The molecule has 17 heavy (non-hydrogen) atoms. The Balaban J connectivity index is 1.76. The van der Waals surface area contributed by atoms with Gasteiger partial charge in [0.15, 0.2) is 0 Å². The van der Waals surface area contributed by atoms with Gasteiger partial charge < -0.3 is 0 Å². The van der Waals surface area contributed by atoms with Crippen molar-refractivity contribution in [3.05, 3.63) is 15.9 Å². The van der Waals surface area contributed by atoms with Crippen LogP contribution in [0.5, 0.6) is 0 Å². The van der Waals surface area contributed by atoms with E-state index >= 15 is 0 Å². The van der Waals surface area contributed by atoms with Gasteiger partial charge >= 0.3 is 0 Å². The van der Waals surface area contributed by atoms with Crippen LogP contribution in [-0.2, 0) is 10.0 Å². The number of fused-ring (bicyclic) bond motifs is 2. The minimum atomic E-state index is -3.31. The Bertz CT molecular complexity index is 525. The van der Waals surface area contributed by atoms with Crippen LogP contribution in [-0.4, -0.2) is 14.5 Å². The molecule has 2 bridgehead atoms. The van der Waals surface area contributed by atoms with Crippen molar-refractivity contribution in [1.82, 2.24) is 4.72 Å². The molecule has 3 atom stereocenters. The maximum Gasteiger partial charge on any atom is 0.250 e. The van der Waals surface area contributed by atoms with E-state index in [2.05, 4.69) is 20.7 Å². The minimum absolute atomic E-state index is 0.166. The predicted octanol–water partition coefficient (Wildman–Crippen LogP) is 2.98. The van der Waals surface area contributed by atoms with Gasteiger partial charge in [-0.15, -0.1) is 11.3 Å². The number of nitrogens with one attached hydrogen (secondary N) is 1. The maximum atomic E-state index is 12.2. The molecule has 0 unspecified atom stereocenters. The Kier molecular flexibility index (Phi) is 3.09. The van der Waals surface area contributed by atoms with Crippen molar-refractivity contribution in [2.24, 2.45) is 11.8 Å². The van der Waals surface area contributed by atoms with E-state index in [0.29, 0.717) is 10.1 Å². The molecule has 6 heteroatoms. The van der Waals surface area contributed by atoms with Crippen molar-refractivity contribution in [2.45, 2.75) is 35.9 Å². The van der Waals surface area contributed by atoms with Crippen LogP contribution < -0.4 is 4.72 Å². The van der Waals surface area contributed by atoms with E-state index in [4.69, 9.17) is 0 Å².